The van der Waals surface area contributed by atoms with Gasteiger partial charge in [-0.25, -0.2) is 9.59 Å². The van der Waals surface area contributed by atoms with E-state index < -0.39 is 29.6 Å². The van der Waals surface area contributed by atoms with Crippen LogP contribution in [0.4, 0.5) is 4.79 Å². The van der Waals surface area contributed by atoms with Gasteiger partial charge in [0.2, 0.25) is 0 Å². The van der Waals surface area contributed by atoms with Crippen LogP contribution in [0.1, 0.15) is 42.3 Å². The molecule has 0 saturated heterocycles. The van der Waals surface area contributed by atoms with Gasteiger partial charge in [0.15, 0.2) is 0 Å². The van der Waals surface area contributed by atoms with Crippen LogP contribution in [0.2, 0.25) is 0 Å². The number of methoxy groups -OCH3 is 1. The van der Waals surface area contributed by atoms with Gasteiger partial charge in [0.25, 0.3) is 5.91 Å². The molecule has 7 nitrogen and oxygen atoms in total. The van der Waals surface area contributed by atoms with Crippen LogP contribution in [-0.4, -0.2) is 43.3 Å². The number of ether oxygens (including phenoxy) is 2. The largest absolute Gasteiger partial charge is 0.467 e. The second-order valence-electron chi connectivity index (χ2n) is 7.88. The summed E-state index contributed by atoms with van der Waals surface area (Å²) < 4.78 is 9.84. The van der Waals surface area contributed by atoms with Crippen molar-refractivity contribution in [2.75, 3.05) is 13.7 Å². The first kappa shape index (κ1) is 25.0. The third-order valence-electron chi connectivity index (χ3n) is 4.04. The van der Waals surface area contributed by atoms with Crippen molar-refractivity contribution < 1.29 is 23.9 Å². The Morgan fingerprint density at radius 2 is 1.48 bits per heavy atom. The van der Waals surface area contributed by atoms with Crippen LogP contribution >= 0.6 is 0 Å². The number of alkyl carbamates (subject to hydrolysis) is 1. The van der Waals surface area contributed by atoms with Crippen molar-refractivity contribution in [2.45, 2.75) is 32.4 Å². The van der Waals surface area contributed by atoms with E-state index in [0.717, 1.165) is 5.56 Å². The van der Waals surface area contributed by atoms with Gasteiger partial charge in [0.1, 0.15) is 11.6 Å². The van der Waals surface area contributed by atoms with Crippen molar-refractivity contribution in [3.8, 4) is 23.7 Å². The number of amides is 2. The minimum atomic E-state index is -1.08. The summed E-state index contributed by atoms with van der Waals surface area (Å²) in [6.45, 7) is 4.97. The van der Waals surface area contributed by atoms with Crippen LogP contribution in [0.5, 0.6) is 0 Å². The Labute approximate surface area is 193 Å². The summed E-state index contributed by atoms with van der Waals surface area (Å²) in [4.78, 5) is 36.4. The van der Waals surface area contributed by atoms with Gasteiger partial charge in [-0.2, -0.15) is 0 Å². The number of esters is 1. The van der Waals surface area contributed by atoms with Gasteiger partial charge in [0, 0.05) is 16.7 Å². The standard InChI is InChI=1S/C26H26N2O5/c1-26(2,3)33-25(31)27-18-22(24(30)32-4)28-23(29)21-16-14-20(15-17-21)13-9-8-12-19-10-6-5-7-11-19/h5-7,10-11,14-17,22H,18H2,1-4H3,(H,27,31)(H,28,29)/t22-/m0/s1. The van der Waals surface area contributed by atoms with Crippen molar-refractivity contribution in [3.05, 3.63) is 71.3 Å². The molecule has 2 aromatic carbocycles. The number of benzene rings is 2. The summed E-state index contributed by atoms with van der Waals surface area (Å²) in [5.41, 5.74) is 1.19. The van der Waals surface area contributed by atoms with Crippen LogP contribution in [0.15, 0.2) is 54.6 Å². The zero-order valence-corrected chi connectivity index (χ0v) is 19.0. The van der Waals surface area contributed by atoms with Crippen molar-refractivity contribution >= 4 is 18.0 Å². The Morgan fingerprint density at radius 1 is 0.909 bits per heavy atom. The molecule has 0 aliphatic rings. The highest BCUT2D eigenvalue weighted by Crippen LogP contribution is 2.07. The lowest BCUT2D eigenvalue weighted by atomic mass is 10.1. The molecule has 0 saturated carbocycles. The summed E-state index contributed by atoms with van der Waals surface area (Å²) in [6, 6.07) is 15.0. The summed E-state index contributed by atoms with van der Waals surface area (Å²) in [5.74, 6) is 10.2. The molecule has 0 bridgehead atoms. The zero-order chi connectivity index (χ0) is 24.3. The molecular weight excluding hydrogens is 420 g/mol. The molecule has 0 aromatic heterocycles. The van der Waals surface area contributed by atoms with Crippen molar-refractivity contribution in [1.82, 2.24) is 10.6 Å². The highest BCUT2D eigenvalue weighted by molar-refractivity contribution is 5.97. The van der Waals surface area contributed by atoms with E-state index in [9.17, 15) is 14.4 Å². The second kappa shape index (κ2) is 12.0. The fourth-order valence-corrected chi connectivity index (χ4v) is 2.51. The molecule has 0 aliphatic carbocycles. The normalized spacial score (nSPS) is 10.9. The molecule has 170 valence electrons. The van der Waals surface area contributed by atoms with E-state index in [2.05, 4.69) is 34.3 Å². The Kier molecular flexibility index (Phi) is 9.08. The summed E-state index contributed by atoms with van der Waals surface area (Å²) >= 11 is 0. The van der Waals surface area contributed by atoms with Crippen LogP contribution in [0.3, 0.4) is 0 Å². The van der Waals surface area contributed by atoms with Crippen LogP contribution in [-0.2, 0) is 14.3 Å². The molecule has 0 fully saturated rings. The van der Waals surface area contributed by atoms with Crippen LogP contribution in [0.25, 0.3) is 0 Å². The fourth-order valence-electron chi connectivity index (χ4n) is 2.51. The number of carbonyl (C=O) groups excluding carboxylic acids is 3. The van der Waals surface area contributed by atoms with E-state index in [4.69, 9.17) is 9.47 Å². The van der Waals surface area contributed by atoms with Gasteiger partial charge in [-0.15, -0.1) is 0 Å². The zero-order valence-electron chi connectivity index (χ0n) is 19.0. The van der Waals surface area contributed by atoms with E-state index in [-0.39, 0.29) is 6.54 Å². The topological polar surface area (TPSA) is 93.7 Å². The van der Waals surface area contributed by atoms with Gasteiger partial charge >= 0.3 is 12.1 Å². The smallest absolute Gasteiger partial charge is 0.407 e. The maximum atomic E-state index is 12.6. The molecule has 33 heavy (non-hydrogen) atoms. The number of rotatable bonds is 5. The third-order valence-corrected chi connectivity index (χ3v) is 4.04. The summed E-state index contributed by atoms with van der Waals surface area (Å²) in [7, 11) is 1.20. The molecule has 2 N–H and O–H groups in total. The Bertz CT molecular complexity index is 1100. The highest BCUT2D eigenvalue weighted by atomic mass is 16.6. The van der Waals surface area contributed by atoms with Gasteiger partial charge in [0.05, 0.1) is 13.7 Å². The fraction of sp³-hybridized carbons (Fsp3) is 0.269. The molecule has 2 aromatic rings. The van der Waals surface area contributed by atoms with Gasteiger partial charge in [-0.1, -0.05) is 30.0 Å². The van der Waals surface area contributed by atoms with Crippen LogP contribution < -0.4 is 10.6 Å². The van der Waals surface area contributed by atoms with E-state index >= 15 is 0 Å². The number of hydrogen-bond donors (Lipinski definition) is 2. The van der Waals surface area contributed by atoms with Gasteiger partial charge in [-0.05, 0) is 69.0 Å². The van der Waals surface area contributed by atoms with Crippen LogP contribution in [0, 0.1) is 23.7 Å². The second-order valence-corrected chi connectivity index (χ2v) is 7.88. The van der Waals surface area contributed by atoms with Crippen molar-refractivity contribution in [3.63, 3.8) is 0 Å². The monoisotopic (exact) mass is 446 g/mol. The number of nitrogens with one attached hydrogen (secondary N) is 2. The molecule has 2 amide bonds. The molecule has 0 unspecified atom stereocenters. The lowest BCUT2D eigenvalue weighted by molar-refractivity contribution is -0.142. The maximum absolute atomic E-state index is 12.6. The Balaban J connectivity index is 1.98. The summed E-state index contributed by atoms with van der Waals surface area (Å²) in [5, 5.41) is 5.00. The SMILES string of the molecule is COC(=O)[C@H](CNC(=O)OC(C)(C)C)NC(=O)c1ccc(C#CC#Cc2ccccc2)cc1. The quantitative estimate of drug-likeness (QED) is 0.544. The van der Waals surface area contributed by atoms with Gasteiger partial charge in [-0.3, -0.25) is 4.79 Å². The minimum Gasteiger partial charge on any atom is -0.467 e. The highest BCUT2D eigenvalue weighted by Gasteiger charge is 2.24. The molecule has 1 atom stereocenters. The average Bonchev–Trinajstić information content (AvgIpc) is 2.78. The molecule has 0 radical (unpaired) electrons. The molecule has 7 heteroatoms. The Hall–Kier alpha value is -4.23. The van der Waals surface area contributed by atoms with E-state index in [1.807, 2.05) is 30.3 Å². The lowest BCUT2D eigenvalue weighted by Gasteiger charge is -2.21. The number of carbonyl (C=O) groups is 3. The molecule has 0 aliphatic heterocycles. The predicted octanol–water partition coefficient (Wildman–Crippen LogP) is 2.89. The molecule has 0 spiro atoms. The van der Waals surface area contributed by atoms with E-state index in [1.54, 1.807) is 45.0 Å². The molecule has 2 rings (SSSR count). The van der Waals surface area contributed by atoms with Gasteiger partial charge < -0.3 is 20.1 Å². The van der Waals surface area contributed by atoms with Crippen molar-refractivity contribution in [1.29, 1.82) is 0 Å². The maximum Gasteiger partial charge on any atom is 0.407 e. The van der Waals surface area contributed by atoms with E-state index in [0.29, 0.717) is 11.1 Å². The van der Waals surface area contributed by atoms with Crippen molar-refractivity contribution in [2.24, 2.45) is 0 Å². The first-order chi connectivity index (χ1) is 15.7. The lowest BCUT2D eigenvalue weighted by Crippen LogP contribution is -2.49. The average molecular weight is 447 g/mol. The first-order valence-electron chi connectivity index (χ1n) is 10.2. The minimum absolute atomic E-state index is 0.184. The van der Waals surface area contributed by atoms with E-state index in [1.165, 1.54) is 7.11 Å². The number of hydrogen-bond acceptors (Lipinski definition) is 5. The molecule has 0 heterocycles. The first-order valence-corrected chi connectivity index (χ1v) is 10.2. The molecular formula is C26H26N2O5. The summed E-state index contributed by atoms with van der Waals surface area (Å²) in [6.07, 6.45) is -0.705. The predicted molar refractivity (Wildman–Crippen MR) is 124 cm³/mol. The Morgan fingerprint density at radius 3 is 2.03 bits per heavy atom. The third kappa shape index (κ3) is 9.20.